The maximum atomic E-state index is 11.8. The van der Waals surface area contributed by atoms with Gasteiger partial charge >= 0.3 is 0 Å². The van der Waals surface area contributed by atoms with Crippen molar-refractivity contribution in [1.29, 1.82) is 0 Å². The van der Waals surface area contributed by atoms with Crippen molar-refractivity contribution in [2.75, 3.05) is 19.6 Å². The van der Waals surface area contributed by atoms with Crippen molar-refractivity contribution in [3.63, 3.8) is 0 Å². The quantitative estimate of drug-likeness (QED) is 0.848. The lowest BCUT2D eigenvalue weighted by atomic mass is 9.93. The first-order valence-electron chi connectivity index (χ1n) is 7.12. The summed E-state index contributed by atoms with van der Waals surface area (Å²) >= 11 is 1.65. The maximum absolute atomic E-state index is 11.8. The van der Waals surface area contributed by atoms with E-state index in [1.807, 2.05) is 11.6 Å². The number of hydrogen-bond donors (Lipinski definition) is 2. The van der Waals surface area contributed by atoms with E-state index in [0.29, 0.717) is 18.9 Å². The van der Waals surface area contributed by atoms with Gasteiger partial charge in [-0.1, -0.05) is 6.92 Å². The van der Waals surface area contributed by atoms with Crippen molar-refractivity contribution < 1.29 is 4.79 Å². The van der Waals surface area contributed by atoms with Gasteiger partial charge in [-0.15, -0.1) is 23.7 Å². The molecule has 20 heavy (non-hydrogen) atoms. The van der Waals surface area contributed by atoms with Crippen LogP contribution in [0.5, 0.6) is 0 Å². The van der Waals surface area contributed by atoms with Crippen LogP contribution in [0, 0.1) is 5.92 Å². The lowest BCUT2D eigenvalue weighted by molar-refractivity contribution is -0.121. The fourth-order valence-electron chi connectivity index (χ4n) is 2.43. The molecule has 4 nitrogen and oxygen atoms in total. The van der Waals surface area contributed by atoms with Crippen LogP contribution in [0.3, 0.4) is 0 Å². The Bertz CT molecular complexity index is 380. The van der Waals surface area contributed by atoms with Crippen molar-refractivity contribution in [2.45, 2.75) is 38.5 Å². The molecule has 2 rings (SSSR count). The van der Waals surface area contributed by atoms with Gasteiger partial charge in [0.05, 0.1) is 5.01 Å². The number of carbonyl (C=O) groups is 1. The third-order valence-electron chi connectivity index (χ3n) is 3.72. The maximum Gasteiger partial charge on any atom is 0.220 e. The highest BCUT2D eigenvalue weighted by Gasteiger charge is 2.15. The van der Waals surface area contributed by atoms with E-state index in [1.165, 1.54) is 12.8 Å². The Morgan fingerprint density at radius 1 is 1.55 bits per heavy atom. The summed E-state index contributed by atoms with van der Waals surface area (Å²) < 4.78 is 0. The Hall–Kier alpha value is -0.650. The summed E-state index contributed by atoms with van der Waals surface area (Å²) in [4.78, 5) is 16.1. The van der Waals surface area contributed by atoms with Crippen LogP contribution in [0.1, 0.15) is 43.5 Å². The number of halogens is 1. The zero-order chi connectivity index (χ0) is 13.5. The van der Waals surface area contributed by atoms with Gasteiger partial charge in [-0.25, -0.2) is 4.98 Å². The molecule has 0 aliphatic carbocycles. The minimum Gasteiger partial charge on any atom is -0.355 e. The molecular weight excluding hydrogens is 294 g/mol. The fraction of sp³-hybridized carbons (Fsp3) is 0.714. The summed E-state index contributed by atoms with van der Waals surface area (Å²) in [5.41, 5.74) is 0. The van der Waals surface area contributed by atoms with E-state index in [1.54, 1.807) is 11.3 Å². The minimum absolute atomic E-state index is 0. The molecule has 1 fully saturated rings. The number of hydrogen-bond acceptors (Lipinski definition) is 4. The van der Waals surface area contributed by atoms with E-state index in [9.17, 15) is 4.79 Å². The molecule has 0 aromatic carbocycles. The lowest BCUT2D eigenvalue weighted by Gasteiger charge is -2.22. The zero-order valence-electron chi connectivity index (χ0n) is 11.9. The molecule has 1 aliphatic heterocycles. The zero-order valence-corrected chi connectivity index (χ0v) is 13.6. The Morgan fingerprint density at radius 2 is 2.30 bits per heavy atom. The Labute approximate surface area is 131 Å². The monoisotopic (exact) mass is 317 g/mol. The molecule has 0 radical (unpaired) electrons. The predicted octanol–water partition coefficient (Wildman–Crippen LogP) is 2.56. The number of nitrogens with zero attached hydrogens (tertiary/aromatic N) is 1. The third kappa shape index (κ3) is 5.77. The van der Waals surface area contributed by atoms with Crippen LogP contribution in [-0.2, 0) is 4.79 Å². The lowest BCUT2D eigenvalue weighted by Crippen LogP contribution is -2.30. The molecule has 1 saturated heterocycles. The number of piperidine rings is 1. The number of nitrogens with one attached hydrogen (secondary N) is 2. The average Bonchev–Trinajstić information content (AvgIpc) is 2.98. The van der Waals surface area contributed by atoms with Crippen molar-refractivity contribution in [3.05, 3.63) is 16.6 Å². The molecule has 1 aromatic rings. The Morgan fingerprint density at radius 3 is 2.95 bits per heavy atom. The van der Waals surface area contributed by atoms with Crippen LogP contribution >= 0.6 is 23.7 Å². The topological polar surface area (TPSA) is 54.0 Å². The molecule has 1 aromatic heterocycles. The number of aromatic nitrogens is 1. The van der Waals surface area contributed by atoms with E-state index >= 15 is 0 Å². The van der Waals surface area contributed by atoms with Gasteiger partial charge in [-0.3, -0.25) is 4.79 Å². The van der Waals surface area contributed by atoms with Gasteiger partial charge in [-0.05, 0) is 38.3 Å². The summed E-state index contributed by atoms with van der Waals surface area (Å²) in [6.45, 7) is 5.01. The van der Waals surface area contributed by atoms with E-state index in [0.717, 1.165) is 30.4 Å². The standard InChI is InChI=1S/C14H23N3OS.ClH/c1-11(14-16-8-9-19-14)10-17-13(18)3-2-12-4-6-15-7-5-12;/h8-9,11-12,15H,2-7,10H2,1H3,(H,17,18);1H. The molecule has 1 aliphatic rings. The highest BCUT2D eigenvalue weighted by atomic mass is 35.5. The van der Waals surface area contributed by atoms with Crippen molar-refractivity contribution in [1.82, 2.24) is 15.6 Å². The number of amides is 1. The molecule has 1 unspecified atom stereocenters. The minimum atomic E-state index is 0. The highest BCUT2D eigenvalue weighted by Crippen LogP contribution is 2.18. The van der Waals surface area contributed by atoms with Crippen LogP contribution in [0.4, 0.5) is 0 Å². The molecular formula is C14H24ClN3OS. The van der Waals surface area contributed by atoms with E-state index in [-0.39, 0.29) is 18.3 Å². The van der Waals surface area contributed by atoms with Crippen LogP contribution in [0.25, 0.3) is 0 Å². The number of thiazole rings is 1. The number of rotatable bonds is 6. The van der Waals surface area contributed by atoms with Crippen LogP contribution < -0.4 is 10.6 Å². The molecule has 2 heterocycles. The van der Waals surface area contributed by atoms with E-state index < -0.39 is 0 Å². The van der Waals surface area contributed by atoms with Crippen molar-refractivity contribution >= 4 is 29.7 Å². The van der Waals surface area contributed by atoms with Gasteiger partial charge in [0.2, 0.25) is 5.91 Å². The summed E-state index contributed by atoms with van der Waals surface area (Å²) in [7, 11) is 0. The second-order valence-corrected chi connectivity index (χ2v) is 6.23. The molecule has 2 N–H and O–H groups in total. The average molecular weight is 318 g/mol. The molecule has 1 amide bonds. The molecule has 0 spiro atoms. The van der Waals surface area contributed by atoms with Gasteiger partial charge in [0.15, 0.2) is 0 Å². The first-order chi connectivity index (χ1) is 9.25. The SMILES string of the molecule is CC(CNC(=O)CCC1CCNCC1)c1nccs1.Cl. The van der Waals surface area contributed by atoms with Gasteiger partial charge in [0, 0.05) is 30.5 Å². The van der Waals surface area contributed by atoms with Gasteiger partial charge in [0.25, 0.3) is 0 Å². The molecule has 114 valence electrons. The normalized spacial score (nSPS) is 17.2. The Kier molecular flexibility index (Phi) is 8.11. The van der Waals surface area contributed by atoms with Crippen molar-refractivity contribution in [3.8, 4) is 0 Å². The van der Waals surface area contributed by atoms with E-state index in [2.05, 4.69) is 22.5 Å². The van der Waals surface area contributed by atoms with Crippen LogP contribution in [-0.4, -0.2) is 30.5 Å². The first-order valence-corrected chi connectivity index (χ1v) is 8.00. The summed E-state index contributed by atoms with van der Waals surface area (Å²) in [5.74, 6) is 1.22. The van der Waals surface area contributed by atoms with Gasteiger partial charge in [0.1, 0.15) is 0 Å². The van der Waals surface area contributed by atoms with E-state index in [4.69, 9.17) is 0 Å². The Balaban J connectivity index is 0.00000200. The fourth-order valence-corrected chi connectivity index (χ4v) is 3.12. The summed E-state index contributed by atoms with van der Waals surface area (Å²) in [6, 6.07) is 0. The summed E-state index contributed by atoms with van der Waals surface area (Å²) in [6.07, 6.45) is 5.93. The molecule has 0 saturated carbocycles. The summed E-state index contributed by atoms with van der Waals surface area (Å²) in [5, 5.41) is 9.45. The highest BCUT2D eigenvalue weighted by molar-refractivity contribution is 7.09. The molecule has 1 atom stereocenters. The molecule has 6 heteroatoms. The number of carbonyl (C=O) groups excluding carboxylic acids is 1. The van der Waals surface area contributed by atoms with Crippen LogP contribution in [0.2, 0.25) is 0 Å². The first kappa shape index (κ1) is 17.4. The largest absolute Gasteiger partial charge is 0.355 e. The van der Waals surface area contributed by atoms with Gasteiger partial charge in [-0.2, -0.15) is 0 Å². The second-order valence-electron chi connectivity index (χ2n) is 5.31. The smallest absolute Gasteiger partial charge is 0.220 e. The van der Waals surface area contributed by atoms with Crippen molar-refractivity contribution in [2.24, 2.45) is 5.92 Å². The van der Waals surface area contributed by atoms with Gasteiger partial charge < -0.3 is 10.6 Å². The molecule has 0 bridgehead atoms. The second kappa shape index (κ2) is 9.32. The predicted molar refractivity (Wildman–Crippen MR) is 85.6 cm³/mol. The van der Waals surface area contributed by atoms with Crippen LogP contribution in [0.15, 0.2) is 11.6 Å². The third-order valence-corrected chi connectivity index (χ3v) is 4.72.